The molecule has 1 heterocycles. The van der Waals surface area contributed by atoms with Gasteiger partial charge in [-0.1, -0.05) is 47.6 Å². The summed E-state index contributed by atoms with van der Waals surface area (Å²) >= 11 is 9.37. The largest absolute Gasteiger partial charge is 0.389 e. The smallest absolute Gasteiger partial charge is 0.0909 e. The van der Waals surface area contributed by atoms with Gasteiger partial charge in [-0.25, -0.2) is 0 Å². The van der Waals surface area contributed by atoms with Crippen LogP contribution in [-0.2, 0) is 0 Å². The lowest BCUT2D eigenvalue weighted by molar-refractivity contribution is 0.0821. The first-order valence-electron chi connectivity index (χ1n) is 10.2. The predicted octanol–water partition coefficient (Wildman–Crippen LogP) is 6.52. The number of hydrogen-bond donors (Lipinski definition) is 2. The van der Waals surface area contributed by atoms with Crippen molar-refractivity contribution >= 4 is 46.7 Å². The highest BCUT2D eigenvalue weighted by atomic mass is 35.5. The fraction of sp³-hybridized carbons (Fsp3) is 0.250. The van der Waals surface area contributed by atoms with Crippen molar-refractivity contribution in [2.45, 2.75) is 52.1 Å². The van der Waals surface area contributed by atoms with Gasteiger partial charge < -0.3 is 10.0 Å². The molecule has 0 amide bonds. The third-order valence-corrected chi connectivity index (χ3v) is 8.08. The first kappa shape index (κ1) is 20.3. The van der Waals surface area contributed by atoms with Crippen molar-refractivity contribution in [3.05, 3.63) is 77.8 Å². The lowest BCUT2D eigenvalue weighted by atomic mass is 9.87. The van der Waals surface area contributed by atoms with E-state index >= 15 is 0 Å². The minimum Gasteiger partial charge on any atom is -0.389 e. The lowest BCUT2D eigenvalue weighted by Gasteiger charge is -2.45. The van der Waals surface area contributed by atoms with Crippen molar-refractivity contribution in [1.82, 2.24) is 4.72 Å². The quantitative estimate of drug-likeness (QED) is 0.438. The van der Waals surface area contributed by atoms with E-state index in [1.807, 2.05) is 36.0 Å². The molecule has 154 valence electrons. The van der Waals surface area contributed by atoms with Crippen LogP contribution in [0.3, 0.4) is 0 Å². The van der Waals surface area contributed by atoms with E-state index < -0.39 is 6.10 Å². The van der Waals surface area contributed by atoms with Crippen molar-refractivity contribution in [2.24, 2.45) is 0 Å². The number of hydrogen-bond acceptors (Lipinski definition) is 5. The van der Waals surface area contributed by atoms with E-state index in [4.69, 9.17) is 11.6 Å². The Morgan fingerprint density at radius 2 is 1.53 bits per heavy atom. The van der Waals surface area contributed by atoms with Gasteiger partial charge in [0.25, 0.3) is 0 Å². The second-order valence-electron chi connectivity index (χ2n) is 7.68. The molecule has 3 aromatic carbocycles. The van der Waals surface area contributed by atoms with Crippen LogP contribution in [0.1, 0.15) is 19.3 Å². The zero-order valence-electron chi connectivity index (χ0n) is 16.4. The Kier molecular flexibility index (Phi) is 5.98. The average molecular weight is 455 g/mol. The van der Waals surface area contributed by atoms with E-state index in [2.05, 4.69) is 58.2 Å². The SMILES string of the molecule is OC1C(NSc2ccc(Cl)cc2)CCCC1N1c2ccccc2Sc2ccccc21. The van der Waals surface area contributed by atoms with Gasteiger partial charge in [0.1, 0.15) is 0 Å². The first-order valence-corrected chi connectivity index (χ1v) is 12.2. The van der Waals surface area contributed by atoms with Gasteiger partial charge in [-0.05, 0) is 79.7 Å². The molecule has 3 unspecified atom stereocenters. The fourth-order valence-electron chi connectivity index (χ4n) is 4.30. The summed E-state index contributed by atoms with van der Waals surface area (Å²) in [4.78, 5) is 5.95. The number of aliphatic hydroxyl groups excluding tert-OH is 1. The zero-order chi connectivity index (χ0) is 20.5. The number of halogens is 1. The fourth-order valence-corrected chi connectivity index (χ4v) is 6.32. The molecule has 2 N–H and O–H groups in total. The molecule has 3 nitrogen and oxygen atoms in total. The molecule has 1 aliphatic carbocycles. The molecule has 30 heavy (non-hydrogen) atoms. The van der Waals surface area contributed by atoms with E-state index in [1.165, 1.54) is 21.2 Å². The van der Waals surface area contributed by atoms with Crippen molar-refractivity contribution in [1.29, 1.82) is 0 Å². The Morgan fingerprint density at radius 1 is 0.900 bits per heavy atom. The molecule has 1 saturated carbocycles. The predicted molar refractivity (Wildman–Crippen MR) is 127 cm³/mol. The standard InChI is InChI=1S/C24H23ClN2OS2/c25-16-12-14-17(15-13-16)30-26-18-6-5-9-21(24(18)28)27-19-7-1-3-10-22(19)29-23-11-4-2-8-20(23)27/h1-4,7-8,10-15,18,21,24,26,28H,5-6,9H2. The summed E-state index contributed by atoms with van der Waals surface area (Å²) in [6.45, 7) is 0. The number of fused-ring (bicyclic) bond motifs is 2. The number of para-hydroxylation sites is 2. The maximum Gasteiger partial charge on any atom is 0.0909 e. The molecule has 3 atom stereocenters. The van der Waals surface area contributed by atoms with Gasteiger partial charge in [0.05, 0.1) is 23.5 Å². The maximum absolute atomic E-state index is 11.4. The number of anilines is 2. The summed E-state index contributed by atoms with van der Waals surface area (Å²) in [5.41, 5.74) is 2.38. The summed E-state index contributed by atoms with van der Waals surface area (Å²) in [5.74, 6) is 0. The van der Waals surface area contributed by atoms with Gasteiger partial charge >= 0.3 is 0 Å². The van der Waals surface area contributed by atoms with Crippen LogP contribution in [0.5, 0.6) is 0 Å². The summed E-state index contributed by atoms with van der Waals surface area (Å²) in [6.07, 6.45) is 2.54. The molecule has 1 aliphatic heterocycles. The molecule has 0 radical (unpaired) electrons. The number of rotatable bonds is 4. The van der Waals surface area contributed by atoms with Crippen LogP contribution in [0, 0.1) is 0 Å². The highest BCUT2D eigenvalue weighted by Gasteiger charge is 2.39. The van der Waals surface area contributed by atoms with Gasteiger partial charge in [-0.2, -0.15) is 0 Å². The molecule has 0 bridgehead atoms. The molecule has 0 spiro atoms. The average Bonchev–Trinajstić information content (AvgIpc) is 2.78. The Hall–Kier alpha value is -1.63. The van der Waals surface area contributed by atoms with Gasteiger partial charge in [0, 0.05) is 25.8 Å². The number of benzene rings is 3. The van der Waals surface area contributed by atoms with Crippen LogP contribution in [0.15, 0.2) is 87.5 Å². The number of aliphatic hydroxyl groups is 1. The Morgan fingerprint density at radius 3 is 2.20 bits per heavy atom. The highest BCUT2D eigenvalue weighted by Crippen LogP contribution is 2.50. The van der Waals surface area contributed by atoms with Crippen LogP contribution in [-0.4, -0.2) is 23.3 Å². The molecular weight excluding hydrogens is 432 g/mol. The highest BCUT2D eigenvalue weighted by molar-refractivity contribution is 7.99. The number of nitrogens with one attached hydrogen (secondary N) is 1. The third-order valence-electron chi connectivity index (χ3n) is 5.76. The summed E-state index contributed by atoms with van der Waals surface area (Å²) < 4.78 is 3.52. The monoisotopic (exact) mass is 454 g/mol. The van der Waals surface area contributed by atoms with Gasteiger partial charge in [-0.3, -0.25) is 4.72 Å². The van der Waals surface area contributed by atoms with Gasteiger partial charge in [0.15, 0.2) is 0 Å². The molecule has 0 aromatic heterocycles. The Labute approximate surface area is 191 Å². The molecule has 5 rings (SSSR count). The van der Waals surface area contributed by atoms with E-state index in [-0.39, 0.29) is 12.1 Å². The lowest BCUT2D eigenvalue weighted by Crippen LogP contribution is -2.53. The molecule has 1 fully saturated rings. The van der Waals surface area contributed by atoms with Crippen LogP contribution >= 0.6 is 35.3 Å². The van der Waals surface area contributed by atoms with E-state index in [9.17, 15) is 5.11 Å². The molecule has 6 heteroatoms. The zero-order valence-corrected chi connectivity index (χ0v) is 18.8. The van der Waals surface area contributed by atoms with E-state index in [1.54, 1.807) is 11.9 Å². The second kappa shape index (κ2) is 8.85. The van der Waals surface area contributed by atoms with Crippen LogP contribution in [0.2, 0.25) is 5.02 Å². The van der Waals surface area contributed by atoms with E-state index in [0.29, 0.717) is 0 Å². The van der Waals surface area contributed by atoms with Gasteiger partial charge in [0.2, 0.25) is 0 Å². The molecule has 3 aromatic rings. The summed E-state index contributed by atoms with van der Waals surface area (Å²) in [6, 6.07) is 24.9. The summed E-state index contributed by atoms with van der Waals surface area (Å²) in [5, 5.41) is 12.1. The van der Waals surface area contributed by atoms with Crippen molar-refractivity contribution in [3.63, 3.8) is 0 Å². The molecular formula is C24H23ClN2OS2. The van der Waals surface area contributed by atoms with Crippen LogP contribution < -0.4 is 9.62 Å². The second-order valence-corrected chi connectivity index (χ2v) is 10.1. The van der Waals surface area contributed by atoms with Crippen molar-refractivity contribution < 1.29 is 5.11 Å². The summed E-state index contributed by atoms with van der Waals surface area (Å²) in [7, 11) is 0. The van der Waals surface area contributed by atoms with E-state index in [0.717, 1.165) is 29.2 Å². The maximum atomic E-state index is 11.4. The van der Waals surface area contributed by atoms with Crippen LogP contribution in [0.4, 0.5) is 11.4 Å². The third kappa shape index (κ3) is 3.97. The normalized spacial score (nSPS) is 23.0. The number of nitrogens with zero attached hydrogens (tertiary/aromatic N) is 1. The Bertz CT molecular complexity index is 984. The first-order chi connectivity index (χ1) is 14.7. The minimum atomic E-state index is -0.470. The minimum absolute atomic E-state index is 0.0262. The molecule has 2 aliphatic rings. The Balaban J connectivity index is 1.40. The van der Waals surface area contributed by atoms with Crippen LogP contribution in [0.25, 0.3) is 0 Å². The van der Waals surface area contributed by atoms with Crippen molar-refractivity contribution in [2.75, 3.05) is 4.90 Å². The van der Waals surface area contributed by atoms with Gasteiger partial charge in [-0.15, -0.1) is 0 Å². The van der Waals surface area contributed by atoms with Crippen molar-refractivity contribution in [3.8, 4) is 0 Å². The molecule has 0 saturated heterocycles. The topological polar surface area (TPSA) is 35.5 Å².